The van der Waals surface area contributed by atoms with E-state index in [-0.39, 0.29) is 6.04 Å². The van der Waals surface area contributed by atoms with Crippen LogP contribution in [0.3, 0.4) is 0 Å². The largest absolute Gasteiger partial charge is 0.361 e. The van der Waals surface area contributed by atoms with Crippen molar-refractivity contribution in [3.8, 4) is 0 Å². The van der Waals surface area contributed by atoms with Crippen LogP contribution >= 0.6 is 11.6 Å². The fraction of sp³-hybridized carbons (Fsp3) is 0.105. The van der Waals surface area contributed by atoms with Crippen LogP contribution in [0.15, 0.2) is 60.9 Å². The molecule has 3 N–H and O–H groups in total. The summed E-state index contributed by atoms with van der Waals surface area (Å²) in [5.74, 6) is 1.36. The molecule has 1 atom stereocenters. The molecule has 2 aromatic carbocycles. The van der Waals surface area contributed by atoms with Gasteiger partial charge in [0.2, 0.25) is 0 Å². The molecule has 0 aliphatic rings. The summed E-state index contributed by atoms with van der Waals surface area (Å²) in [6, 6.07) is 17.8. The first-order valence-electron chi connectivity index (χ1n) is 8.24. The van der Waals surface area contributed by atoms with Crippen molar-refractivity contribution in [2.45, 2.75) is 13.0 Å². The molecule has 130 valence electrons. The Labute approximate surface area is 155 Å². The van der Waals surface area contributed by atoms with Crippen molar-refractivity contribution < 1.29 is 0 Å². The summed E-state index contributed by atoms with van der Waals surface area (Å²) in [6.45, 7) is 2.09. The van der Waals surface area contributed by atoms with E-state index in [2.05, 4.69) is 49.9 Å². The summed E-state index contributed by atoms with van der Waals surface area (Å²) >= 11 is 6.07. The smallest absolute Gasteiger partial charge is 0.162 e. The first kappa shape index (κ1) is 16.4. The van der Waals surface area contributed by atoms with Crippen LogP contribution in [0.2, 0.25) is 5.02 Å². The average Bonchev–Trinajstić information content (AvgIpc) is 3.06. The van der Waals surface area contributed by atoms with Gasteiger partial charge in [0.25, 0.3) is 0 Å². The van der Waals surface area contributed by atoms with E-state index < -0.39 is 0 Å². The first-order valence-corrected chi connectivity index (χ1v) is 8.61. The van der Waals surface area contributed by atoms with Gasteiger partial charge in [0.15, 0.2) is 11.5 Å². The number of nitrogens with zero attached hydrogens (tertiary/aromatic N) is 3. The Kier molecular flexibility index (Phi) is 4.41. The van der Waals surface area contributed by atoms with E-state index in [1.807, 2.05) is 42.5 Å². The highest BCUT2D eigenvalue weighted by Crippen LogP contribution is 2.30. The van der Waals surface area contributed by atoms with Gasteiger partial charge in [-0.1, -0.05) is 48.0 Å². The number of hydrogen-bond acceptors (Lipinski definition) is 5. The third kappa shape index (κ3) is 3.32. The molecule has 6 nitrogen and oxygen atoms in total. The Balaban J connectivity index is 1.68. The van der Waals surface area contributed by atoms with Crippen molar-refractivity contribution in [1.29, 1.82) is 0 Å². The molecule has 26 heavy (non-hydrogen) atoms. The minimum atomic E-state index is 0.0851. The molecular formula is C19H17ClN6. The number of aromatic amines is 1. The average molecular weight is 365 g/mol. The lowest BCUT2D eigenvalue weighted by atomic mass is 10.1. The number of rotatable bonds is 5. The summed E-state index contributed by atoms with van der Waals surface area (Å²) in [6.07, 6.45) is 1.50. The van der Waals surface area contributed by atoms with Crippen LogP contribution in [0.25, 0.3) is 11.0 Å². The molecule has 0 aliphatic heterocycles. The molecular weight excluding hydrogens is 348 g/mol. The highest BCUT2D eigenvalue weighted by molar-refractivity contribution is 6.30. The van der Waals surface area contributed by atoms with Crippen molar-refractivity contribution in [3.05, 3.63) is 71.5 Å². The topological polar surface area (TPSA) is 78.5 Å². The van der Waals surface area contributed by atoms with Crippen LogP contribution in [0.5, 0.6) is 0 Å². The highest BCUT2D eigenvalue weighted by atomic mass is 35.5. The molecule has 0 aliphatic carbocycles. The second-order valence-electron chi connectivity index (χ2n) is 5.93. The van der Waals surface area contributed by atoms with Crippen LogP contribution in [-0.2, 0) is 0 Å². The maximum absolute atomic E-state index is 6.07. The maximum Gasteiger partial charge on any atom is 0.162 e. The summed E-state index contributed by atoms with van der Waals surface area (Å²) in [4.78, 5) is 8.65. The second kappa shape index (κ2) is 7.01. The summed E-state index contributed by atoms with van der Waals surface area (Å²) in [5.41, 5.74) is 2.68. The Morgan fingerprint density at radius 3 is 2.65 bits per heavy atom. The third-order valence-electron chi connectivity index (χ3n) is 4.10. The van der Waals surface area contributed by atoms with Gasteiger partial charge in [-0.3, -0.25) is 5.10 Å². The minimum Gasteiger partial charge on any atom is -0.361 e. The Morgan fingerprint density at radius 1 is 1.00 bits per heavy atom. The van der Waals surface area contributed by atoms with Crippen molar-refractivity contribution >= 4 is 40.0 Å². The lowest BCUT2D eigenvalue weighted by Crippen LogP contribution is -2.07. The summed E-state index contributed by atoms with van der Waals surface area (Å²) < 4.78 is 0. The van der Waals surface area contributed by atoms with Gasteiger partial charge < -0.3 is 10.6 Å². The monoisotopic (exact) mass is 364 g/mol. The SMILES string of the molecule is CC(Nc1n[nH]c2ncnc(Nc3cccc(Cl)c3)c12)c1ccccc1. The van der Waals surface area contributed by atoms with Crippen LogP contribution in [0.4, 0.5) is 17.3 Å². The van der Waals surface area contributed by atoms with Crippen molar-refractivity contribution in [2.24, 2.45) is 0 Å². The molecule has 0 saturated heterocycles. The van der Waals surface area contributed by atoms with E-state index in [1.165, 1.54) is 11.9 Å². The number of aromatic nitrogens is 4. The van der Waals surface area contributed by atoms with E-state index in [0.29, 0.717) is 22.3 Å². The van der Waals surface area contributed by atoms with Crippen LogP contribution < -0.4 is 10.6 Å². The Bertz CT molecular complexity index is 1030. The van der Waals surface area contributed by atoms with Crippen LogP contribution in [-0.4, -0.2) is 20.2 Å². The van der Waals surface area contributed by atoms with Gasteiger partial charge in [-0.15, -0.1) is 0 Å². The predicted molar refractivity (Wildman–Crippen MR) is 105 cm³/mol. The molecule has 2 aromatic heterocycles. The normalized spacial score (nSPS) is 12.1. The number of benzene rings is 2. The van der Waals surface area contributed by atoms with E-state index >= 15 is 0 Å². The summed E-state index contributed by atoms with van der Waals surface area (Å²) in [5, 5.41) is 15.5. The molecule has 0 amide bonds. The second-order valence-corrected chi connectivity index (χ2v) is 6.37. The van der Waals surface area contributed by atoms with Gasteiger partial charge in [-0.2, -0.15) is 5.10 Å². The van der Waals surface area contributed by atoms with Gasteiger partial charge in [0.05, 0.1) is 6.04 Å². The number of halogens is 1. The predicted octanol–water partition coefficient (Wildman–Crippen LogP) is 4.92. The quantitative estimate of drug-likeness (QED) is 0.468. The minimum absolute atomic E-state index is 0.0851. The molecule has 0 saturated carbocycles. The number of fused-ring (bicyclic) bond motifs is 1. The Hall–Kier alpha value is -3.12. The van der Waals surface area contributed by atoms with E-state index in [1.54, 1.807) is 0 Å². The van der Waals surface area contributed by atoms with Crippen LogP contribution in [0.1, 0.15) is 18.5 Å². The number of hydrogen-bond donors (Lipinski definition) is 3. The zero-order valence-corrected chi connectivity index (χ0v) is 14.8. The molecule has 2 heterocycles. The fourth-order valence-electron chi connectivity index (χ4n) is 2.79. The third-order valence-corrected chi connectivity index (χ3v) is 4.33. The van der Waals surface area contributed by atoms with Crippen molar-refractivity contribution in [2.75, 3.05) is 10.6 Å². The molecule has 0 fully saturated rings. The number of H-pyrrole nitrogens is 1. The molecule has 4 aromatic rings. The van der Waals surface area contributed by atoms with E-state index in [9.17, 15) is 0 Å². The van der Waals surface area contributed by atoms with Gasteiger partial charge in [0, 0.05) is 10.7 Å². The molecule has 0 spiro atoms. The van der Waals surface area contributed by atoms with Crippen molar-refractivity contribution in [3.63, 3.8) is 0 Å². The Morgan fingerprint density at radius 2 is 1.85 bits per heavy atom. The van der Waals surface area contributed by atoms with Gasteiger partial charge >= 0.3 is 0 Å². The summed E-state index contributed by atoms with van der Waals surface area (Å²) in [7, 11) is 0. The highest BCUT2D eigenvalue weighted by Gasteiger charge is 2.15. The number of anilines is 3. The molecule has 4 rings (SSSR count). The number of nitrogens with one attached hydrogen (secondary N) is 3. The molecule has 0 radical (unpaired) electrons. The standard InChI is InChI=1S/C19H17ClN6/c1-12(13-6-3-2-4-7-13)23-19-16-17(21-11-22-18(16)25-26-19)24-15-9-5-8-14(20)10-15/h2-12H,1H3,(H3,21,22,23,24,25,26). The molecule has 7 heteroatoms. The van der Waals surface area contributed by atoms with Gasteiger partial charge in [-0.05, 0) is 30.7 Å². The molecule has 1 unspecified atom stereocenters. The van der Waals surface area contributed by atoms with Crippen molar-refractivity contribution in [1.82, 2.24) is 20.2 Å². The van der Waals surface area contributed by atoms with Crippen LogP contribution in [0, 0.1) is 0 Å². The molecule has 0 bridgehead atoms. The lowest BCUT2D eigenvalue weighted by molar-refractivity contribution is 0.872. The lowest BCUT2D eigenvalue weighted by Gasteiger charge is -2.14. The zero-order chi connectivity index (χ0) is 17.9. The first-order chi connectivity index (χ1) is 12.7. The maximum atomic E-state index is 6.07. The van der Waals surface area contributed by atoms with Gasteiger partial charge in [-0.25, -0.2) is 9.97 Å². The van der Waals surface area contributed by atoms with E-state index in [4.69, 9.17) is 11.6 Å². The van der Waals surface area contributed by atoms with E-state index in [0.717, 1.165) is 11.1 Å². The fourth-order valence-corrected chi connectivity index (χ4v) is 2.98. The van der Waals surface area contributed by atoms with Gasteiger partial charge in [0.1, 0.15) is 17.5 Å². The zero-order valence-electron chi connectivity index (χ0n) is 14.1.